The topological polar surface area (TPSA) is 97.8 Å². The van der Waals surface area contributed by atoms with Crippen LogP contribution in [0.25, 0.3) is 11.1 Å². The molecule has 1 aliphatic rings. The number of rotatable bonds is 2. The maximum absolute atomic E-state index is 13.8. The third-order valence-electron chi connectivity index (χ3n) is 3.88. The molecular formula is C18H16F5N3O3. The Morgan fingerprint density at radius 2 is 1.90 bits per heavy atom. The van der Waals surface area contributed by atoms with Crippen molar-refractivity contribution >= 4 is 11.8 Å². The number of aromatic nitrogens is 1. The second kappa shape index (κ2) is 8.52. The predicted octanol–water partition coefficient (Wildman–Crippen LogP) is 3.26. The molecule has 3 rings (SSSR count). The van der Waals surface area contributed by atoms with Crippen molar-refractivity contribution in [2.24, 2.45) is 10.7 Å². The fraction of sp³-hybridized carbons (Fsp3) is 0.278. The number of carbonyl (C=O) groups is 1. The van der Waals surface area contributed by atoms with Gasteiger partial charge in [-0.3, -0.25) is 4.99 Å². The number of pyridine rings is 1. The van der Waals surface area contributed by atoms with Crippen LogP contribution in [0.1, 0.15) is 12.5 Å². The number of carboxylic acid groups (broad SMARTS) is 1. The third kappa shape index (κ3) is 5.70. The molecule has 0 amide bonds. The molecule has 0 aliphatic carbocycles. The summed E-state index contributed by atoms with van der Waals surface area (Å²) in [7, 11) is 0. The number of hydrogen-bond acceptors (Lipinski definition) is 5. The van der Waals surface area contributed by atoms with Gasteiger partial charge in [-0.25, -0.2) is 4.79 Å². The van der Waals surface area contributed by atoms with E-state index in [1.165, 1.54) is 6.07 Å². The summed E-state index contributed by atoms with van der Waals surface area (Å²) in [5, 5.41) is 7.12. The average molecular weight is 417 g/mol. The number of alkyl halides is 3. The first-order chi connectivity index (χ1) is 13.4. The molecule has 29 heavy (non-hydrogen) atoms. The van der Waals surface area contributed by atoms with Crippen LogP contribution in [-0.4, -0.2) is 41.3 Å². The first-order valence-electron chi connectivity index (χ1n) is 8.07. The largest absolute Gasteiger partial charge is 0.490 e. The lowest BCUT2D eigenvalue weighted by atomic mass is 9.90. The highest BCUT2D eigenvalue weighted by Crippen LogP contribution is 2.32. The molecule has 0 radical (unpaired) electrons. The zero-order valence-electron chi connectivity index (χ0n) is 15.0. The van der Waals surface area contributed by atoms with Gasteiger partial charge in [-0.1, -0.05) is 18.2 Å². The van der Waals surface area contributed by atoms with Gasteiger partial charge >= 0.3 is 12.1 Å². The fourth-order valence-electron chi connectivity index (χ4n) is 2.53. The van der Waals surface area contributed by atoms with Crippen LogP contribution in [0.3, 0.4) is 0 Å². The van der Waals surface area contributed by atoms with Crippen molar-refractivity contribution < 1.29 is 36.6 Å². The average Bonchev–Trinajstić information content (AvgIpc) is 2.61. The molecule has 0 saturated carbocycles. The van der Waals surface area contributed by atoms with Crippen molar-refractivity contribution in [3.8, 4) is 11.1 Å². The van der Waals surface area contributed by atoms with Gasteiger partial charge in [0.05, 0.1) is 6.61 Å². The third-order valence-corrected chi connectivity index (χ3v) is 3.88. The summed E-state index contributed by atoms with van der Waals surface area (Å²) in [6.45, 7) is 2.60. The molecule has 2 heterocycles. The fourth-order valence-corrected chi connectivity index (χ4v) is 2.53. The summed E-state index contributed by atoms with van der Waals surface area (Å²) in [6, 6.07) is 9.70. The first kappa shape index (κ1) is 22.2. The van der Waals surface area contributed by atoms with Crippen molar-refractivity contribution in [2.45, 2.75) is 18.6 Å². The molecule has 1 unspecified atom stereocenters. The minimum absolute atomic E-state index is 0.237. The molecule has 0 saturated heterocycles. The molecule has 1 aromatic heterocycles. The number of aliphatic carboxylic acids is 1. The maximum Gasteiger partial charge on any atom is 0.490 e. The Morgan fingerprint density at radius 1 is 1.24 bits per heavy atom. The molecule has 3 N–H and O–H groups in total. The Labute approximate surface area is 161 Å². The smallest absolute Gasteiger partial charge is 0.475 e. The van der Waals surface area contributed by atoms with Crippen LogP contribution < -0.4 is 5.73 Å². The second-order valence-electron chi connectivity index (χ2n) is 6.23. The molecule has 156 valence electrons. The van der Waals surface area contributed by atoms with Crippen molar-refractivity contribution in [3.63, 3.8) is 0 Å². The Morgan fingerprint density at radius 3 is 2.45 bits per heavy atom. The highest BCUT2D eigenvalue weighted by molar-refractivity contribution is 5.82. The van der Waals surface area contributed by atoms with E-state index in [1.54, 1.807) is 18.2 Å². The minimum atomic E-state index is -5.08. The van der Waals surface area contributed by atoms with Crippen LogP contribution in [0.4, 0.5) is 22.0 Å². The van der Waals surface area contributed by atoms with Crippen LogP contribution in [0.5, 0.6) is 0 Å². The summed E-state index contributed by atoms with van der Waals surface area (Å²) in [4.78, 5) is 16.6. The minimum Gasteiger partial charge on any atom is -0.475 e. The lowest BCUT2D eigenvalue weighted by molar-refractivity contribution is -0.192. The number of benzene rings is 1. The second-order valence-corrected chi connectivity index (χ2v) is 6.23. The highest BCUT2D eigenvalue weighted by atomic mass is 19.4. The molecular weight excluding hydrogens is 401 g/mol. The van der Waals surface area contributed by atoms with Gasteiger partial charge < -0.3 is 15.6 Å². The van der Waals surface area contributed by atoms with E-state index in [2.05, 4.69) is 9.98 Å². The maximum atomic E-state index is 13.8. The number of carboxylic acids is 1. The number of halogens is 5. The molecule has 11 heteroatoms. The van der Waals surface area contributed by atoms with Gasteiger partial charge in [-0.15, -0.1) is 0 Å². The number of ether oxygens (including phenoxy) is 1. The van der Waals surface area contributed by atoms with Crippen LogP contribution in [0.15, 0.2) is 41.4 Å². The van der Waals surface area contributed by atoms with Gasteiger partial charge in [0.25, 0.3) is 0 Å². The summed E-state index contributed by atoms with van der Waals surface area (Å²) >= 11 is 0. The summed E-state index contributed by atoms with van der Waals surface area (Å²) in [6.07, 6.45) is -5.08. The van der Waals surface area contributed by atoms with Crippen molar-refractivity contribution in [1.82, 2.24) is 4.98 Å². The van der Waals surface area contributed by atoms with E-state index < -0.39 is 29.6 Å². The van der Waals surface area contributed by atoms with E-state index in [9.17, 15) is 22.0 Å². The Kier molecular flexibility index (Phi) is 6.52. The highest BCUT2D eigenvalue weighted by Gasteiger charge is 2.38. The normalized spacial score (nSPS) is 19.0. The zero-order valence-corrected chi connectivity index (χ0v) is 15.0. The molecule has 0 spiro atoms. The van der Waals surface area contributed by atoms with Crippen molar-refractivity contribution in [2.75, 3.05) is 13.2 Å². The Bertz CT molecular complexity index is 933. The Hall–Kier alpha value is -3.08. The monoisotopic (exact) mass is 417 g/mol. The van der Waals surface area contributed by atoms with Crippen molar-refractivity contribution in [1.29, 1.82) is 0 Å². The molecule has 6 nitrogen and oxygen atoms in total. The Balaban J connectivity index is 0.000000370. The number of aliphatic imine (C=N–C) groups is 1. The number of nitrogens with two attached hydrogens (primary N) is 1. The van der Waals surface area contributed by atoms with E-state index in [1.807, 2.05) is 13.0 Å². The van der Waals surface area contributed by atoms with E-state index in [4.69, 9.17) is 20.4 Å². The van der Waals surface area contributed by atoms with Crippen molar-refractivity contribution in [3.05, 3.63) is 53.9 Å². The zero-order chi connectivity index (χ0) is 21.8. The molecule has 1 atom stereocenters. The first-order valence-corrected chi connectivity index (χ1v) is 8.07. The molecule has 0 bridgehead atoms. The number of hydrogen-bond donors (Lipinski definition) is 2. The predicted molar refractivity (Wildman–Crippen MR) is 93.1 cm³/mol. The summed E-state index contributed by atoms with van der Waals surface area (Å²) in [5.41, 5.74) is 6.81. The van der Waals surface area contributed by atoms with Crippen LogP contribution in [0.2, 0.25) is 0 Å². The van der Waals surface area contributed by atoms with Gasteiger partial charge in [0, 0.05) is 5.56 Å². The van der Waals surface area contributed by atoms with E-state index >= 15 is 0 Å². The van der Waals surface area contributed by atoms with E-state index in [0.717, 1.165) is 11.6 Å². The van der Waals surface area contributed by atoms with Gasteiger partial charge in [0.15, 0.2) is 0 Å². The lowest BCUT2D eigenvalue weighted by Gasteiger charge is -2.30. The molecule has 1 aromatic carbocycles. The van der Waals surface area contributed by atoms with E-state index in [-0.39, 0.29) is 5.56 Å². The molecule has 0 fully saturated rings. The standard InChI is InChI=1S/C16H15F2N3O.C2HF3O2/c1-16(9-22-8-14(19)21-16)11-4-2-3-10(7-11)12-5-6-13(17)20-15(12)18;3-2(4,5)1(6)7/h2-7H,8-9H2,1H3,(H2,19,21);(H,6,7). The van der Waals surface area contributed by atoms with Gasteiger partial charge in [0.1, 0.15) is 18.0 Å². The lowest BCUT2D eigenvalue weighted by Crippen LogP contribution is -2.37. The molecule has 1 aliphatic heterocycles. The number of amidine groups is 1. The van der Waals surface area contributed by atoms with Gasteiger partial charge in [0.2, 0.25) is 11.9 Å². The molecule has 2 aromatic rings. The quantitative estimate of drug-likeness (QED) is 0.578. The van der Waals surface area contributed by atoms with Crippen LogP contribution in [0, 0.1) is 11.9 Å². The SMILES string of the molecule is CC1(c2cccc(-c3ccc(F)nc3F)c2)COCC(N)=N1.O=C(O)C(F)(F)F. The van der Waals surface area contributed by atoms with E-state index in [0.29, 0.717) is 24.6 Å². The summed E-state index contributed by atoms with van der Waals surface area (Å²) < 4.78 is 64.0. The van der Waals surface area contributed by atoms with Gasteiger partial charge in [-0.05, 0) is 36.2 Å². The van der Waals surface area contributed by atoms with Crippen LogP contribution in [-0.2, 0) is 15.1 Å². The summed E-state index contributed by atoms with van der Waals surface area (Å²) in [5.74, 6) is -4.02. The van der Waals surface area contributed by atoms with Crippen LogP contribution >= 0.6 is 0 Å². The van der Waals surface area contributed by atoms with Gasteiger partial charge in [-0.2, -0.15) is 26.9 Å². The number of nitrogens with zero attached hydrogens (tertiary/aromatic N) is 2.